The molecule has 2 aliphatic heterocycles. The Hall–Kier alpha value is -2.83. The van der Waals surface area contributed by atoms with Gasteiger partial charge in [0.2, 0.25) is 6.79 Å². The summed E-state index contributed by atoms with van der Waals surface area (Å²) in [5.74, 6) is 1.34. The van der Waals surface area contributed by atoms with E-state index in [1.807, 2.05) is 36.1 Å². The number of aryl methyl sites for hydroxylation is 1. The maximum absolute atomic E-state index is 12.9. The molecular weight excluding hydrogens is 402 g/mol. The molecular formula is C23H22ClN3O3. The van der Waals surface area contributed by atoms with E-state index in [9.17, 15) is 4.79 Å². The number of nitrogens with zero attached hydrogens (tertiary/aromatic N) is 3. The van der Waals surface area contributed by atoms with Crippen LogP contribution < -0.4 is 9.47 Å². The van der Waals surface area contributed by atoms with Crippen molar-refractivity contribution < 1.29 is 14.3 Å². The Kier molecular flexibility index (Phi) is 4.97. The number of amides is 1. The minimum atomic E-state index is 0.0191. The molecule has 1 aromatic heterocycles. The number of rotatable bonds is 3. The number of carbonyl (C=O) groups is 1. The number of fused-ring (bicyclic) bond motifs is 2. The Morgan fingerprint density at radius 2 is 1.83 bits per heavy atom. The van der Waals surface area contributed by atoms with Gasteiger partial charge in [-0.3, -0.25) is 9.69 Å². The molecule has 5 rings (SSSR count). The zero-order chi connectivity index (χ0) is 20.7. The van der Waals surface area contributed by atoms with Crippen LogP contribution in [0, 0.1) is 6.92 Å². The fourth-order valence-corrected chi connectivity index (χ4v) is 4.26. The number of ether oxygens (including phenoxy) is 2. The molecule has 0 unspecified atom stereocenters. The molecule has 0 N–H and O–H groups in total. The topological polar surface area (TPSA) is 54.9 Å². The SMILES string of the molecule is Cc1c(Cl)c(CN2CCN(C(=O)c3ccc4c(c3)OCO4)CC2)nc2ccccc12. The average Bonchev–Trinajstić information content (AvgIpc) is 3.25. The largest absolute Gasteiger partial charge is 0.454 e. The lowest BCUT2D eigenvalue weighted by atomic mass is 10.1. The number of aromatic nitrogens is 1. The van der Waals surface area contributed by atoms with Gasteiger partial charge in [0.25, 0.3) is 5.91 Å². The molecule has 1 fully saturated rings. The van der Waals surface area contributed by atoms with Crippen LogP contribution in [0.4, 0.5) is 0 Å². The van der Waals surface area contributed by atoms with Crippen molar-refractivity contribution in [3.8, 4) is 11.5 Å². The van der Waals surface area contributed by atoms with Crippen LogP contribution in [-0.2, 0) is 6.54 Å². The predicted octanol–water partition coefficient (Wildman–Crippen LogP) is 3.88. The zero-order valence-electron chi connectivity index (χ0n) is 16.7. The summed E-state index contributed by atoms with van der Waals surface area (Å²) in [7, 11) is 0. The van der Waals surface area contributed by atoms with Crippen molar-refractivity contribution in [2.24, 2.45) is 0 Å². The van der Waals surface area contributed by atoms with Crippen molar-refractivity contribution in [3.05, 3.63) is 64.3 Å². The molecule has 2 aromatic carbocycles. The van der Waals surface area contributed by atoms with Gasteiger partial charge in [0.05, 0.1) is 16.2 Å². The minimum Gasteiger partial charge on any atom is -0.454 e. The van der Waals surface area contributed by atoms with Crippen molar-refractivity contribution >= 4 is 28.4 Å². The summed E-state index contributed by atoms with van der Waals surface area (Å²) in [6.07, 6.45) is 0. The Labute approximate surface area is 180 Å². The van der Waals surface area contributed by atoms with Gasteiger partial charge in [0, 0.05) is 43.7 Å². The van der Waals surface area contributed by atoms with Crippen molar-refractivity contribution in [2.75, 3.05) is 33.0 Å². The van der Waals surface area contributed by atoms with Crippen LogP contribution in [-0.4, -0.2) is 53.7 Å². The predicted molar refractivity (Wildman–Crippen MR) is 115 cm³/mol. The van der Waals surface area contributed by atoms with E-state index in [0.29, 0.717) is 36.7 Å². The van der Waals surface area contributed by atoms with Crippen LogP contribution in [0.2, 0.25) is 5.02 Å². The van der Waals surface area contributed by atoms with Gasteiger partial charge in [0.15, 0.2) is 11.5 Å². The average molecular weight is 424 g/mol. The first-order valence-electron chi connectivity index (χ1n) is 10.0. The first-order valence-corrected chi connectivity index (χ1v) is 10.4. The molecule has 0 spiro atoms. The molecule has 0 atom stereocenters. The molecule has 3 aromatic rings. The number of hydrogen-bond donors (Lipinski definition) is 0. The van der Waals surface area contributed by atoms with E-state index in [-0.39, 0.29) is 12.7 Å². The van der Waals surface area contributed by atoms with E-state index in [2.05, 4.69) is 4.90 Å². The Bertz CT molecular complexity index is 1130. The zero-order valence-corrected chi connectivity index (χ0v) is 17.5. The molecule has 2 aliphatic rings. The van der Waals surface area contributed by atoms with Crippen LogP contribution in [0.5, 0.6) is 11.5 Å². The van der Waals surface area contributed by atoms with E-state index in [1.165, 1.54) is 0 Å². The Balaban J connectivity index is 1.26. The number of hydrogen-bond acceptors (Lipinski definition) is 5. The molecule has 7 heteroatoms. The van der Waals surface area contributed by atoms with Gasteiger partial charge >= 0.3 is 0 Å². The lowest BCUT2D eigenvalue weighted by Crippen LogP contribution is -2.48. The van der Waals surface area contributed by atoms with Gasteiger partial charge in [-0.25, -0.2) is 4.98 Å². The fraction of sp³-hybridized carbons (Fsp3) is 0.304. The highest BCUT2D eigenvalue weighted by atomic mass is 35.5. The summed E-state index contributed by atoms with van der Waals surface area (Å²) >= 11 is 6.62. The summed E-state index contributed by atoms with van der Waals surface area (Å²) in [6.45, 7) is 5.81. The van der Waals surface area contributed by atoms with Crippen LogP contribution >= 0.6 is 11.6 Å². The lowest BCUT2D eigenvalue weighted by molar-refractivity contribution is 0.0627. The van der Waals surface area contributed by atoms with Gasteiger partial charge in [-0.1, -0.05) is 29.8 Å². The second kappa shape index (κ2) is 7.78. The summed E-state index contributed by atoms with van der Waals surface area (Å²) in [4.78, 5) is 21.9. The van der Waals surface area contributed by atoms with Gasteiger partial charge in [-0.15, -0.1) is 0 Å². The maximum atomic E-state index is 12.9. The van der Waals surface area contributed by atoms with Crippen LogP contribution in [0.3, 0.4) is 0 Å². The molecule has 0 bridgehead atoms. The normalized spacial score (nSPS) is 16.3. The van der Waals surface area contributed by atoms with Gasteiger partial charge in [0.1, 0.15) is 0 Å². The van der Waals surface area contributed by atoms with E-state index in [4.69, 9.17) is 26.1 Å². The van der Waals surface area contributed by atoms with Crippen molar-refractivity contribution in [2.45, 2.75) is 13.5 Å². The quantitative estimate of drug-likeness (QED) is 0.639. The highest BCUT2D eigenvalue weighted by Crippen LogP contribution is 2.33. The second-order valence-electron chi connectivity index (χ2n) is 7.65. The standard InChI is InChI=1S/C23H22ClN3O3/c1-15-17-4-2-3-5-18(17)25-19(22(15)24)13-26-8-10-27(11-9-26)23(28)16-6-7-20-21(12-16)30-14-29-20/h2-7,12H,8-11,13-14H2,1H3. The molecule has 0 saturated carbocycles. The maximum Gasteiger partial charge on any atom is 0.254 e. The molecule has 6 nitrogen and oxygen atoms in total. The van der Waals surface area contributed by atoms with Gasteiger partial charge in [-0.05, 0) is 36.8 Å². The lowest BCUT2D eigenvalue weighted by Gasteiger charge is -2.34. The summed E-state index contributed by atoms with van der Waals surface area (Å²) in [5.41, 5.74) is 3.55. The smallest absolute Gasteiger partial charge is 0.254 e. The first kappa shape index (κ1) is 19.2. The number of benzene rings is 2. The van der Waals surface area contributed by atoms with Crippen molar-refractivity contribution in [1.82, 2.24) is 14.8 Å². The molecule has 0 aliphatic carbocycles. The van der Waals surface area contributed by atoms with Crippen LogP contribution in [0.1, 0.15) is 21.6 Å². The number of para-hydroxylation sites is 1. The Morgan fingerprint density at radius 1 is 1.07 bits per heavy atom. The van der Waals surface area contributed by atoms with Gasteiger partial charge < -0.3 is 14.4 Å². The molecule has 1 amide bonds. The number of piperazine rings is 1. The van der Waals surface area contributed by atoms with Gasteiger partial charge in [-0.2, -0.15) is 0 Å². The van der Waals surface area contributed by atoms with Crippen molar-refractivity contribution in [1.29, 1.82) is 0 Å². The monoisotopic (exact) mass is 423 g/mol. The van der Waals surface area contributed by atoms with E-state index < -0.39 is 0 Å². The molecule has 154 valence electrons. The van der Waals surface area contributed by atoms with E-state index >= 15 is 0 Å². The Morgan fingerprint density at radius 3 is 2.67 bits per heavy atom. The number of carbonyl (C=O) groups excluding carboxylic acids is 1. The number of pyridine rings is 1. The summed E-state index contributed by atoms with van der Waals surface area (Å²) < 4.78 is 10.7. The molecule has 1 saturated heterocycles. The van der Waals surface area contributed by atoms with E-state index in [0.717, 1.165) is 40.3 Å². The van der Waals surface area contributed by atoms with E-state index in [1.54, 1.807) is 18.2 Å². The third-order valence-electron chi connectivity index (χ3n) is 5.80. The third kappa shape index (κ3) is 3.46. The minimum absolute atomic E-state index is 0.0191. The third-order valence-corrected chi connectivity index (χ3v) is 6.30. The molecule has 0 radical (unpaired) electrons. The summed E-state index contributed by atoms with van der Waals surface area (Å²) in [6, 6.07) is 13.4. The van der Waals surface area contributed by atoms with Crippen molar-refractivity contribution in [3.63, 3.8) is 0 Å². The fourth-order valence-electron chi connectivity index (χ4n) is 4.06. The number of halogens is 1. The molecule has 30 heavy (non-hydrogen) atoms. The highest BCUT2D eigenvalue weighted by Gasteiger charge is 2.25. The molecule has 3 heterocycles. The van der Waals surface area contributed by atoms with Crippen LogP contribution in [0.15, 0.2) is 42.5 Å². The first-order chi connectivity index (χ1) is 14.6. The van der Waals surface area contributed by atoms with Crippen LogP contribution in [0.25, 0.3) is 10.9 Å². The summed E-state index contributed by atoms with van der Waals surface area (Å²) in [5, 5.41) is 1.82. The highest BCUT2D eigenvalue weighted by molar-refractivity contribution is 6.32. The second-order valence-corrected chi connectivity index (χ2v) is 8.03.